The number of aromatic nitrogens is 1. The number of methoxy groups -OCH3 is 1. The van der Waals surface area contributed by atoms with Gasteiger partial charge in [0.15, 0.2) is 17.3 Å². The molecule has 3 rings (SSSR count). The van der Waals surface area contributed by atoms with Crippen LogP contribution in [0.5, 0.6) is 11.6 Å². The molecule has 6 nitrogen and oxygen atoms in total. The van der Waals surface area contributed by atoms with Gasteiger partial charge in [0, 0.05) is 5.39 Å². The van der Waals surface area contributed by atoms with Crippen molar-refractivity contribution < 1.29 is 23.4 Å². The van der Waals surface area contributed by atoms with Crippen molar-refractivity contribution in [2.24, 2.45) is 10.2 Å². The van der Waals surface area contributed by atoms with Crippen molar-refractivity contribution in [3.05, 3.63) is 52.6 Å². The Bertz CT molecular complexity index is 1020. The summed E-state index contributed by atoms with van der Waals surface area (Å²) in [6, 6.07) is 6.23. The largest absolute Gasteiger partial charge is 0.497 e. The number of hydrogen-bond donors (Lipinski definition) is 2. The summed E-state index contributed by atoms with van der Waals surface area (Å²) < 4.78 is 31.4. The second kappa shape index (κ2) is 6.48. The van der Waals surface area contributed by atoms with Crippen LogP contribution in [-0.4, -0.2) is 23.1 Å². The minimum atomic E-state index is -1.23. The molecule has 2 aromatic carbocycles. The summed E-state index contributed by atoms with van der Waals surface area (Å²) in [6.45, 7) is 0. The predicted molar refractivity (Wildman–Crippen MR) is 86.7 cm³/mol. The summed E-state index contributed by atoms with van der Waals surface area (Å²) in [4.78, 5) is 14.7. The number of nitrogens with one attached hydrogen (secondary N) is 1. The molecule has 0 unspecified atom stereocenters. The minimum absolute atomic E-state index is 0.000885. The number of H-pyrrole nitrogens is 1. The zero-order chi connectivity index (χ0) is 18.1. The maximum Gasteiger partial charge on any atom is 0.297 e. The van der Waals surface area contributed by atoms with Crippen LogP contribution in [0.3, 0.4) is 0 Å². The topological polar surface area (TPSA) is 87.0 Å². The van der Waals surface area contributed by atoms with E-state index in [9.17, 15) is 18.7 Å². The van der Waals surface area contributed by atoms with Gasteiger partial charge in [0.05, 0.1) is 23.2 Å². The van der Waals surface area contributed by atoms with Crippen LogP contribution >= 0.6 is 11.6 Å². The van der Waals surface area contributed by atoms with Crippen LogP contribution in [0.2, 0.25) is 5.02 Å². The first kappa shape index (κ1) is 16.8. The molecule has 128 valence electrons. The van der Waals surface area contributed by atoms with E-state index in [1.807, 2.05) is 0 Å². The molecule has 0 atom stereocenters. The van der Waals surface area contributed by atoms with Crippen molar-refractivity contribution in [2.45, 2.75) is 0 Å². The Labute approximate surface area is 144 Å². The fourth-order valence-corrected chi connectivity index (χ4v) is 2.44. The third-order valence-electron chi connectivity index (χ3n) is 3.44. The van der Waals surface area contributed by atoms with E-state index in [1.54, 1.807) is 18.2 Å². The molecule has 0 saturated heterocycles. The monoisotopic (exact) mass is 365 g/mol. The minimum Gasteiger partial charge on any atom is -0.497 e. The molecule has 2 N–H and O–H groups in total. The third-order valence-corrected chi connectivity index (χ3v) is 3.75. The molecule has 0 saturated carbocycles. The van der Waals surface area contributed by atoms with Crippen molar-refractivity contribution in [1.82, 2.24) is 4.98 Å². The molecular formula is C16H10ClF2N3O3. The zero-order valence-corrected chi connectivity index (χ0v) is 13.4. The number of amides is 1. The first-order valence-electron chi connectivity index (χ1n) is 6.90. The van der Waals surface area contributed by atoms with Gasteiger partial charge in [0.25, 0.3) is 5.91 Å². The van der Waals surface area contributed by atoms with Gasteiger partial charge in [0.2, 0.25) is 5.88 Å². The Balaban J connectivity index is 1.99. The first-order valence-corrected chi connectivity index (χ1v) is 7.27. The number of halogens is 3. The molecule has 0 fully saturated rings. The highest BCUT2D eigenvalue weighted by molar-refractivity contribution is 6.33. The standard InChI is InChI=1S/C16H10ClF2N3O3/c1-25-7-2-3-13-9(4-7)14(16(24)20-13)21-22-15(23)8-5-11(18)12(19)6-10(8)17/h2-6,20,24H,1H3. The second-order valence-corrected chi connectivity index (χ2v) is 5.39. The van der Waals surface area contributed by atoms with Crippen molar-refractivity contribution in [1.29, 1.82) is 0 Å². The third kappa shape index (κ3) is 3.16. The van der Waals surface area contributed by atoms with Gasteiger partial charge >= 0.3 is 0 Å². The summed E-state index contributed by atoms with van der Waals surface area (Å²) in [7, 11) is 1.48. The highest BCUT2D eigenvalue weighted by Gasteiger charge is 2.16. The molecule has 0 radical (unpaired) electrons. The number of carbonyl (C=O) groups is 1. The number of aromatic amines is 1. The van der Waals surface area contributed by atoms with Gasteiger partial charge in [-0.2, -0.15) is 0 Å². The van der Waals surface area contributed by atoms with Crippen molar-refractivity contribution >= 4 is 34.1 Å². The summed E-state index contributed by atoms with van der Waals surface area (Å²) >= 11 is 5.72. The molecule has 0 spiro atoms. The molecule has 0 aliphatic heterocycles. The lowest BCUT2D eigenvalue weighted by molar-refractivity contribution is 0.0994. The summed E-state index contributed by atoms with van der Waals surface area (Å²) in [5, 5.41) is 17.2. The fraction of sp³-hybridized carbons (Fsp3) is 0.0625. The number of aromatic hydroxyl groups is 1. The van der Waals surface area contributed by atoms with Crippen LogP contribution in [0.4, 0.5) is 14.5 Å². The normalized spacial score (nSPS) is 11.4. The zero-order valence-electron chi connectivity index (χ0n) is 12.7. The SMILES string of the molecule is COc1ccc2[nH]c(O)c(N=NC(=O)c3cc(F)c(F)cc3Cl)c2c1. The molecule has 0 aliphatic rings. The van der Waals surface area contributed by atoms with E-state index in [2.05, 4.69) is 15.2 Å². The van der Waals surface area contributed by atoms with Crippen LogP contribution in [0.1, 0.15) is 10.4 Å². The molecule has 1 heterocycles. The van der Waals surface area contributed by atoms with Gasteiger partial charge < -0.3 is 14.8 Å². The number of carbonyl (C=O) groups excluding carboxylic acids is 1. The van der Waals surface area contributed by atoms with Crippen LogP contribution in [0.15, 0.2) is 40.6 Å². The Kier molecular flexibility index (Phi) is 4.37. The van der Waals surface area contributed by atoms with E-state index in [0.717, 1.165) is 0 Å². The number of rotatable bonds is 3. The van der Waals surface area contributed by atoms with Crippen LogP contribution in [0.25, 0.3) is 10.9 Å². The Morgan fingerprint density at radius 2 is 1.96 bits per heavy atom. The van der Waals surface area contributed by atoms with E-state index in [1.165, 1.54) is 7.11 Å². The number of fused-ring (bicyclic) bond motifs is 1. The number of azo groups is 1. The fourth-order valence-electron chi connectivity index (χ4n) is 2.21. The maximum absolute atomic E-state index is 13.3. The number of benzene rings is 2. The van der Waals surface area contributed by atoms with E-state index in [0.29, 0.717) is 28.8 Å². The Hall–Kier alpha value is -3.00. The van der Waals surface area contributed by atoms with Crippen molar-refractivity contribution in [2.75, 3.05) is 7.11 Å². The van der Waals surface area contributed by atoms with E-state index in [-0.39, 0.29) is 22.2 Å². The molecular weight excluding hydrogens is 356 g/mol. The van der Waals surface area contributed by atoms with Gasteiger partial charge in [0.1, 0.15) is 5.75 Å². The molecule has 9 heteroatoms. The van der Waals surface area contributed by atoms with E-state index < -0.39 is 17.5 Å². The average Bonchev–Trinajstić information content (AvgIpc) is 2.90. The van der Waals surface area contributed by atoms with E-state index >= 15 is 0 Å². The second-order valence-electron chi connectivity index (χ2n) is 4.99. The highest BCUT2D eigenvalue weighted by Crippen LogP contribution is 2.37. The van der Waals surface area contributed by atoms with Gasteiger partial charge in [-0.05, 0) is 30.3 Å². The molecule has 25 heavy (non-hydrogen) atoms. The number of nitrogens with zero attached hydrogens (tertiary/aromatic N) is 2. The molecule has 1 amide bonds. The van der Waals surface area contributed by atoms with Crippen LogP contribution < -0.4 is 4.74 Å². The first-order chi connectivity index (χ1) is 11.9. The lowest BCUT2D eigenvalue weighted by Gasteiger charge is -2.00. The number of ether oxygens (including phenoxy) is 1. The van der Waals surface area contributed by atoms with Crippen molar-refractivity contribution in [3.8, 4) is 11.6 Å². The molecule has 0 aliphatic carbocycles. The summed E-state index contributed by atoms with van der Waals surface area (Å²) in [5.74, 6) is -3.20. The van der Waals surface area contributed by atoms with Gasteiger partial charge in [-0.3, -0.25) is 4.79 Å². The van der Waals surface area contributed by atoms with Gasteiger partial charge in [-0.25, -0.2) is 8.78 Å². The van der Waals surface area contributed by atoms with Gasteiger partial charge in [-0.1, -0.05) is 11.6 Å². The summed E-state index contributed by atoms with van der Waals surface area (Å²) in [6.07, 6.45) is 0. The lowest BCUT2D eigenvalue weighted by Crippen LogP contribution is -1.98. The Morgan fingerprint density at radius 3 is 2.68 bits per heavy atom. The molecule has 1 aromatic heterocycles. The van der Waals surface area contributed by atoms with Crippen LogP contribution in [0, 0.1) is 11.6 Å². The number of hydrogen-bond acceptors (Lipinski definition) is 4. The van der Waals surface area contributed by atoms with E-state index in [4.69, 9.17) is 16.3 Å². The van der Waals surface area contributed by atoms with Gasteiger partial charge in [-0.15, -0.1) is 10.2 Å². The van der Waals surface area contributed by atoms with Crippen LogP contribution in [-0.2, 0) is 0 Å². The lowest BCUT2D eigenvalue weighted by atomic mass is 10.2. The Morgan fingerprint density at radius 1 is 1.24 bits per heavy atom. The van der Waals surface area contributed by atoms with Crippen molar-refractivity contribution in [3.63, 3.8) is 0 Å². The molecule has 3 aromatic rings. The highest BCUT2D eigenvalue weighted by atomic mass is 35.5. The smallest absolute Gasteiger partial charge is 0.297 e. The summed E-state index contributed by atoms with van der Waals surface area (Å²) in [5.41, 5.74) is 0.202. The average molecular weight is 366 g/mol. The molecule has 0 bridgehead atoms. The quantitative estimate of drug-likeness (QED) is 0.519. The predicted octanol–water partition coefficient (Wildman–Crippen LogP) is 4.74. The maximum atomic E-state index is 13.3.